The summed E-state index contributed by atoms with van der Waals surface area (Å²) in [5.41, 5.74) is -1.36. The van der Waals surface area contributed by atoms with Crippen molar-refractivity contribution in [2.45, 2.75) is 70.5 Å². The van der Waals surface area contributed by atoms with E-state index in [-0.39, 0.29) is 12.3 Å². The number of hydrogen-bond donors (Lipinski definition) is 3. The van der Waals surface area contributed by atoms with Gasteiger partial charge in [-0.05, 0) is 24.7 Å². The van der Waals surface area contributed by atoms with Crippen molar-refractivity contribution in [3.8, 4) is 6.07 Å². The van der Waals surface area contributed by atoms with Gasteiger partial charge in [0.15, 0.2) is 0 Å². The molecule has 2 heterocycles. The van der Waals surface area contributed by atoms with E-state index in [1.54, 1.807) is 6.07 Å². The Morgan fingerprint density at radius 2 is 1.75 bits per heavy atom. The highest BCUT2D eigenvalue weighted by molar-refractivity contribution is 5.94. The minimum absolute atomic E-state index is 0.107. The van der Waals surface area contributed by atoms with Gasteiger partial charge >= 0.3 is 18.3 Å². The second kappa shape index (κ2) is 10.5. The van der Waals surface area contributed by atoms with Crippen molar-refractivity contribution >= 4 is 23.6 Å². The molecule has 36 heavy (non-hydrogen) atoms. The third-order valence-electron chi connectivity index (χ3n) is 6.15. The van der Waals surface area contributed by atoms with Crippen molar-refractivity contribution in [1.82, 2.24) is 20.9 Å². The van der Waals surface area contributed by atoms with Crippen LogP contribution in [-0.2, 0) is 19.2 Å². The van der Waals surface area contributed by atoms with Crippen LogP contribution in [0.25, 0.3) is 0 Å². The fraction of sp³-hybridized carbons (Fsp3) is 0.762. The van der Waals surface area contributed by atoms with E-state index in [2.05, 4.69) is 10.6 Å². The summed E-state index contributed by atoms with van der Waals surface area (Å²) in [6.07, 6.45) is -10.8. The first-order valence-electron chi connectivity index (χ1n) is 11.1. The monoisotopic (exact) mass is 527 g/mol. The molecule has 5 atom stereocenters. The third kappa shape index (κ3) is 7.01. The number of alkyl halides is 6. The van der Waals surface area contributed by atoms with Crippen LogP contribution in [0.2, 0.25) is 0 Å². The quantitative estimate of drug-likeness (QED) is 0.450. The zero-order valence-corrected chi connectivity index (χ0v) is 19.7. The van der Waals surface area contributed by atoms with Crippen molar-refractivity contribution in [2.24, 2.45) is 17.3 Å². The Bertz CT molecular complexity index is 924. The minimum atomic E-state index is -5.35. The van der Waals surface area contributed by atoms with Crippen LogP contribution in [0.4, 0.5) is 26.3 Å². The van der Waals surface area contributed by atoms with Gasteiger partial charge in [0.05, 0.1) is 12.0 Å². The van der Waals surface area contributed by atoms with Crippen LogP contribution in [0, 0.1) is 28.6 Å². The van der Waals surface area contributed by atoms with E-state index in [0.717, 1.165) is 0 Å². The summed E-state index contributed by atoms with van der Waals surface area (Å²) in [6.45, 7) is 3.26. The van der Waals surface area contributed by atoms with E-state index in [9.17, 15) is 50.8 Å². The van der Waals surface area contributed by atoms with Gasteiger partial charge in [-0.1, -0.05) is 20.8 Å². The molecule has 2 unspecified atom stereocenters. The number of rotatable bonds is 6. The predicted octanol–water partition coefficient (Wildman–Crippen LogP) is 1.39. The lowest BCUT2D eigenvalue weighted by Gasteiger charge is -2.35. The number of nitrogens with one attached hydrogen (secondary N) is 3. The first-order valence-corrected chi connectivity index (χ1v) is 11.1. The normalized spacial score (nSPS) is 24.5. The molecule has 2 rings (SSSR count). The van der Waals surface area contributed by atoms with E-state index >= 15 is 0 Å². The Labute approximate surface area is 202 Å². The molecular formula is C21H27F6N5O4. The number of hydrogen-bond acceptors (Lipinski definition) is 5. The van der Waals surface area contributed by atoms with Crippen molar-refractivity contribution in [1.29, 1.82) is 5.26 Å². The molecule has 4 amide bonds. The van der Waals surface area contributed by atoms with Gasteiger partial charge in [-0.2, -0.15) is 31.6 Å². The van der Waals surface area contributed by atoms with Crippen LogP contribution in [-0.4, -0.2) is 72.1 Å². The summed E-state index contributed by atoms with van der Waals surface area (Å²) in [7, 11) is 0. The number of carbonyl (C=O) groups is 4. The predicted molar refractivity (Wildman–Crippen MR) is 110 cm³/mol. The SMILES string of the molecule is CC(C)(C)C(NC(=O)C(F)(F)F)C(=O)N1C[C@H](C(F)(F)F)C[C@H]1C(=O)NC(C#N)C[C@@H]1CCNC1=O. The van der Waals surface area contributed by atoms with Gasteiger partial charge in [0.1, 0.15) is 18.1 Å². The van der Waals surface area contributed by atoms with Crippen molar-refractivity contribution < 1.29 is 45.5 Å². The first-order chi connectivity index (χ1) is 16.4. The summed E-state index contributed by atoms with van der Waals surface area (Å²) in [6, 6.07) is -3.15. The molecule has 2 fully saturated rings. The fourth-order valence-corrected chi connectivity index (χ4v) is 4.16. The standard InChI is InChI=1S/C21H27F6N5O4/c1-19(2,3)14(31-18(36)21(25,26)27)17(35)32-9-11(20(22,23)24)7-13(32)16(34)30-12(8-28)6-10-4-5-29-15(10)33/h10-14H,4-7,9H2,1-3H3,(H,29,33)(H,30,34)(H,31,36)/t10-,11+,12?,13-,14?/m0/s1. The molecule has 0 saturated carbocycles. The third-order valence-corrected chi connectivity index (χ3v) is 6.15. The van der Waals surface area contributed by atoms with E-state index in [1.165, 1.54) is 26.1 Å². The average Bonchev–Trinajstić information content (AvgIpc) is 3.35. The maximum atomic E-state index is 13.5. The Balaban J connectivity index is 2.30. The summed E-state index contributed by atoms with van der Waals surface area (Å²) in [4.78, 5) is 49.9. The summed E-state index contributed by atoms with van der Waals surface area (Å²) < 4.78 is 79.0. The van der Waals surface area contributed by atoms with Gasteiger partial charge in [0, 0.05) is 19.0 Å². The number of nitrogens with zero attached hydrogens (tertiary/aromatic N) is 2. The molecule has 0 spiro atoms. The molecule has 2 aliphatic rings. The lowest BCUT2D eigenvalue weighted by molar-refractivity contribution is -0.176. The molecule has 0 aromatic heterocycles. The van der Waals surface area contributed by atoms with Crippen LogP contribution in [0.1, 0.15) is 40.0 Å². The number of likely N-dealkylation sites (tertiary alicyclic amines) is 1. The van der Waals surface area contributed by atoms with Crippen molar-refractivity contribution in [3.05, 3.63) is 0 Å². The lowest BCUT2D eigenvalue weighted by Crippen LogP contribution is -2.59. The Kier molecular flexibility index (Phi) is 8.52. The van der Waals surface area contributed by atoms with Gasteiger partial charge in [-0.15, -0.1) is 0 Å². The number of carbonyl (C=O) groups excluding carboxylic acids is 4. The van der Waals surface area contributed by atoms with Crippen LogP contribution in [0.5, 0.6) is 0 Å². The molecule has 15 heteroatoms. The minimum Gasteiger partial charge on any atom is -0.356 e. The molecule has 0 aliphatic carbocycles. The van der Waals surface area contributed by atoms with Gasteiger partial charge < -0.3 is 20.9 Å². The molecule has 0 aromatic carbocycles. The second-order valence-corrected chi connectivity index (χ2v) is 9.95. The van der Waals surface area contributed by atoms with Crippen LogP contribution >= 0.6 is 0 Å². The Morgan fingerprint density at radius 3 is 2.19 bits per heavy atom. The van der Waals surface area contributed by atoms with E-state index in [4.69, 9.17) is 0 Å². The number of nitriles is 1. The molecule has 2 saturated heterocycles. The van der Waals surface area contributed by atoms with Gasteiger partial charge in [-0.3, -0.25) is 19.2 Å². The largest absolute Gasteiger partial charge is 0.471 e. The molecular weight excluding hydrogens is 500 g/mol. The van der Waals surface area contributed by atoms with Gasteiger partial charge in [-0.25, -0.2) is 0 Å². The molecule has 0 radical (unpaired) electrons. The Hall–Kier alpha value is -3.05. The van der Waals surface area contributed by atoms with E-state index in [0.29, 0.717) is 17.9 Å². The average molecular weight is 527 g/mol. The zero-order chi connectivity index (χ0) is 27.6. The van der Waals surface area contributed by atoms with Crippen molar-refractivity contribution in [2.75, 3.05) is 13.1 Å². The van der Waals surface area contributed by atoms with Crippen LogP contribution < -0.4 is 16.0 Å². The van der Waals surface area contributed by atoms with Crippen LogP contribution in [0.15, 0.2) is 0 Å². The highest BCUT2D eigenvalue weighted by Gasteiger charge is 2.53. The molecule has 9 nitrogen and oxygen atoms in total. The summed E-state index contributed by atoms with van der Waals surface area (Å²) in [5.74, 6) is -7.96. The van der Waals surface area contributed by atoms with Gasteiger partial charge in [0.2, 0.25) is 17.7 Å². The fourth-order valence-electron chi connectivity index (χ4n) is 4.16. The second-order valence-electron chi connectivity index (χ2n) is 9.95. The topological polar surface area (TPSA) is 131 Å². The summed E-state index contributed by atoms with van der Waals surface area (Å²) >= 11 is 0. The molecule has 0 bridgehead atoms. The zero-order valence-electron chi connectivity index (χ0n) is 19.7. The van der Waals surface area contributed by atoms with Gasteiger partial charge in [0.25, 0.3) is 0 Å². The van der Waals surface area contributed by atoms with Crippen molar-refractivity contribution in [3.63, 3.8) is 0 Å². The molecule has 202 valence electrons. The number of amides is 4. The first kappa shape index (κ1) is 29.2. The van der Waals surface area contributed by atoms with E-state index < -0.39 is 78.4 Å². The maximum Gasteiger partial charge on any atom is 0.471 e. The maximum absolute atomic E-state index is 13.5. The lowest BCUT2D eigenvalue weighted by atomic mass is 9.85. The molecule has 2 aliphatic heterocycles. The molecule has 0 aromatic rings. The molecule has 3 N–H and O–H groups in total. The number of halogens is 6. The van der Waals surface area contributed by atoms with E-state index in [1.807, 2.05) is 0 Å². The highest BCUT2D eigenvalue weighted by atomic mass is 19.4. The smallest absolute Gasteiger partial charge is 0.356 e. The Morgan fingerprint density at radius 1 is 1.14 bits per heavy atom. The van der Waals surface area contributed by atoms with Crippen LogP contribution in [0.3, 0.4) is 0 Å². The summed E-state index contributed by atoms with van der Waals surface area (Å²) in [5, 5.41) is 15.7. The highest BCUT2D eigenvalue weighted by Crippen LogP contribution is 2.38.